The van der Waals surface area contributed by atoms with E-state index in [0.29, 0.717) is 6.61 Å². The van der Waals surface area contributed by atoms with Crippen LogP contribution < -0.4 is 10.1 Å². The smallest absolute Gasteiger partial charge is 0.332 e. The zero-order valence-electron chi connectivity index (χ0n) is 10.7. The number of methoxy groups -OCH3 is 1. The van der Waals surface area contributed by atoms with Crippen molar-refractivity contribution in [3.63, 3.8) is 0 Å². The molecule has 1 aliphatic heterocycles. The van der Waals surface area contributed by atoms with Gasteiger partial charge < -0.3 is 14.8 Å². The van der Waals surface area contributed by atoms with Gasteiger partial charge in [-0.15, -0.1) is 0 Å². The Balaban J connectivity index is 2.30. The fourth-order valence-electron chi connectivity index (χ4n) is 2.02. The molecule has 96 valence electrons. The fraction of sp³-hybridized carbons (Fsp3) is 0.357. The molecule has 0 atom stereocenters. The normalized spacial score (nSPS) is 15.8. The van der Waals surface area contributed by atoms with E-state index in [1.54, 1.807) is 14.0 Å². The second-order valence-corrected chi connectivity index (χ2v) is 4.01. The highest BCUT2D eigenvalue weighted by Crippen LogP contribution is 2.26. The van der Waals surface area contributed by atoms with Gasteiger partial charge in [-0.3, -0.25) is 0 Å². The predicted molar refractivity (Wildman–Crippen MR) is 69.3 cm³/mol. The van der Waals surface area contributed by atoms with E-state index in [4.69, 9.17) is 9.47 Å². The minimum atomic E-state index is -0.316. The number of fused-ring (bicyclic) bond motifs is 1. The average molecular weight is 247 g/mol. The second kappa shape index (κ2) is 5.58. The van der Waals surface area contributed by atoms with Crippen LogP contribution in [-0.4, -0.2) is 26.2 Å². The molecule has 0 unspecified atom stereocenters. The Labute approximate surface area is 107 Å². The Bertz CT molecular complexity index is 480. The number of carbonyl (C=O) groups is 1. The lowest BCUT2D eigenvalue weighted by atomic mass is 9.97. The van der Waals surface area contributed by atoms with E-state index >= 15 is 0 Å². The van der Waals surface area contributed by atoms with Crippen molar-refractivity contribution in [1.82, 2.24) is 5.32 Å². The van der Waals surface area contributed by atoms with E-state index in [-0.39, 0.29) is 5.97 Å². The molecule has 4 heteroatoms. The Hall–Kier alpha value is -1.97. The van der Waals surface area contributed by atoms with Crippen molar-refractivity contribution in [2.75, 3.05) is 20.3 Å². The molecule has 0 aliphatic carbocycles. The summed E-state index contributed by atoms with van der Waals surface area (Å²) in [6.07, 6.45) is 2.43. The van der Waals surface area contributed by atoms with Crippen LogP contribution in [0.2, 0.25) is 0 Å². The van der Waals surface area contributed by atoms with Gasteiger partial charge in [0.2, 0.25) is 0 Å². The number of hydrogen-bond acceptors (Lipinski definition) is 4. The van der Waals surface area contributed by atoms with Gasteiger partial charge in [-0.05, 0) is 37.1 Å². The van der Waals surface area contributed by atoms with Gasteiger partial charge in [-0.1, -0.05) is 0 Å². The lowest BCUT2D eigenvalue weighted by molar-refractivity contribution is -0.137. The molecule has 0 spiro atoms. The zero-order chi connectivity index (χ0) is 13.0. The fourth-order valence-corrected chi connectivity index (χ4v) is 2.02. The summed E-state index contributed by atoms with van der Waals surface area (Å²) in [4.78, 5) is 11.5. The van der Waals surface area contributed by atoms with Crippen molar-refractivity contribution < 1.29 is 14.3 Å². The molecule has 0 fully saturated rings. The first-order valence-corrected chi connectivity index (χ1v) is 6.04. The molecule has 0 saturated heterocycles. The third-order valence-corrected chi connectivity index (χ3v) is 2.86. The van der Waals surface area contributed by atoms with Gasteiger partial charge in [-0.25, -0.2) is 4.79 Å². The number of hydrogen-bond donors (Lipinski definition) is 1. The van der Waals surface area contributed by atoms with E-state index in [9.17, 15) is 4.79 Å². The van der Waals surface area contributed by atoms with Crippen LogP contribution in [0.5, 0.6) is 5.75 Å². The summed E-state index contributed by atoms with van der Waals surface area (Å²) in [6, 6.07) is 5.87. The van der Waals surface area contributed by atoms with Gasteiger partial charge in [0, 0.05) is 23.9 Å². The molecular formula is C14H17NO3. The van der Waals surface area contributed by atoms with Gasteiger partial charge in [0.15, 0.2) is 0 Å². The molecule has 2 rings (SSSR count). The molecule has 1 aromatic rings. The quantitative estimate of drug-likeness (QED) is 0.653. The summed E-state index contributed by atoms with van der Waals surface area (Å²) < 4.78 is 10.1. The maximum Gasteiger partial charge on any atom is 0.332 e. The third-order valence-electron chi connectivity index (χ3n) is 2.86. The number of nitrogens with one attached hydrogen (secondary N) is 1. The molecule has 18 heavy (non-hydrogen) atoms. The lowest BCUT2D eigenvalue weighted by Gasteiger charge is -2.21. The summed E-state index contributed by atoms with van der Waals surface area (Å²) in [5, 5.41) is 3.22. The van der Waals surface area contributed by atoms with Crippen molar-refractivity contribution >= 4 is 11.7 Å². The maximum absolute atomic E-state index is 11.5. The summed E-state index contributed by atoms with van der Waals surface area (Å²) in [5.74, 6) is 0.523. The van der Waals surface area contributed by atoms with Crippen molar-refractivity contribution in [3.05, 3.63) is 35.4 Å². The minimum Gasteiger partial charge on any atom is -0.497 e. The topological polar surface area (TPSA) is 47.6 Å². The Morgan fingerprint density at radius 3 is 3.06 bits per heavy atom. The summed E-state index contributed by atoms with van der Waals surface area (Å²) in [7, 11) is 1.65. The Morgan fingerprint density at radius 2 is 2.33 bits per heavy atom. The monoisotopic (exact) mass is 247 g/mol. The molecule has 0 amide bonds. The average Bonchev–Trinajstić information content (AvgIpc) is 2.38. The molecule has 0 saturated carbocycles. The van der Waals surface area contributed by atoms with E-state index in [1.165, 1.54) is 11.6 Å². The van der Waals surface area contributed by atoms with Gasteiger partial charge >= 0.3 is 5.97 Å². The van der Waals surface area contributed by atoms with E-state index in [1.807, 2.05) is 18.2 Å². The number of rotatable bonds is 3. The highest BCUT2D eigenvalue weighted by atomic mass is 16.5. The lowest BCUT2D eigenvalue weighted by Crippen LogP contribution is -2.23. The summed E-state index contributed by atoms with van der Waals surface area (Å²) in [6.45, 7) is 2.99. The van der Waals surface area contributed by atoms with Crippen LogP contribution in [0.25, 0.3) is 5.70 Å². The van der Waals surface area contributed by atoms with Gasteiger partial charge in [0.25, 0.3) is 0 Å². The molecule has 1 heterocycles. The van der Waals surface area contributed by atoms with Gasteiger partial charge in [0.05, 0.1) is 13.7 Å². The van der Waals surface area contributed by atoms with Crippen LogP contribution in [0.1, 0.15) is 18.1 Å². The highest BCUT2D eigenvalue weighted by Gasteiger charge is 2.15. The zero-order valence-corrected chi connectivity index (χ0v) is 10.7. The molecule has 4 nitrogen and oxygen atoms in total. The van der Waals surface area contributed by atoms with E-state index in [2.05, 4.69) is 5.32 Å². The van der Waals surface area contributed by atoms with Gasteiger partial charge in [-0.2, -0.15) is 0 Å². The van der Waals surface area contributed by atoms with Crippen molar-refractivity contribution in [2.45, 2.75) is 13.3 Å². The first kappa shape index (κ1) is 12.5. The van der Waals surface area contributed by atoms with Crippen LogP contribution in [0.3, 0.4) is 0 Å². The first-order valence-electron chi connectivity index (χ1n) is 6.04. The summed E-state index contributed by atoms with van der Waals surface area (Å²) >= 11 is 0. The maximum atomic E-state index is 11.5. The van der Waals surface area contributed by atoms with E-state index in [0.717, 1.165) is 30.0 Å². The Kier molecular flexibility index (Phi) is 3.87. The molecule has 0 aromatic heterocycles. The number of esters is 1. The van der Waals surface area contributed by atoms with Crippen molar-refractivity contribution in [1.29, 1.82) is 0 Å². The SMILES string of the molecule is CCOC(=O)/C=C1\NCCc2cc(OC)ccc21. The molecule has 0 bridgehead atoms. The first-order chi connectivity index (χ1) is 8.74. The molecule has 1 aromatic carbocycles. The Morgan fingerprint density at radius 1 is 1.50 bits per heavy atom. The van der Waals surface area contributed by atoms with Gasteiger partial charge in [0.1, 0.15) is 5.75 Å². The molecule has 1 N–H and O–H groups in total. The largest absolute Gasteiger partial charge is 0.497 e. The van der Waals surface area contributed by atoms with Crippen LogP contribution in [0.4, 0.5) is 0 Å². The van der Waals surface area contributed by atoms with Crippen molar-refractivity contribution in [2.24, 2.45) is 0 Å². The number of benzene rings is 1. The van der Waals surface area contributed by atoms with Crippen LogP contribution in [0, 0.1) is 0 Å². The standard InChI is InChI=1S/C14H17NO3/c1-3-18-14(16)9-13-12-5-4-11(17-2)8-10(12)6-7-15-13/h4-5,8-9,15H,3,6-7H2,1-2H3/b13-9-. The third kappa shape index (κ3) is 2.64. The number of carbonyl (C=O) groups excluding carboxylic acids is 1. The van der Waals surface area contributed by atoms with Crippen LogP contribution in [-0.2, 0) is 16.0 Å². The second-order valence-electron chi connectivity index (χ2n) is 4.01. The van der Waals surface area contributed by atoms with Crippen LogP contribution in [0.15, 0.2) is 24.3 Å². The number of ether oxygens (including phenoxy) is 2. The minimum absolute atomic E-state index is 0.316. The van der Waals surface area contributed by atoms with Crippen LogP contribution >= 0.6 is 0 Å². The van der Waals surface area contributed by atoms with E-state index < -0.39 is 0 Å². The summed E-state index contributed by atoms with van der Waals surface area (Å²) in [5.41, 5.74) is 3.04. The molecule has 1 aliphatic rings. The highest BCUT2D eigenvalue weighted by molar-refractivity contribution is 5.91. The molecule has 0 radical (unpaired) electrons. The molecular weight excluding hydrogens is 230 g/mol. The van der Waals surface area contributed by atoms with Crippen molar-refractivity contribution in [3.8, 4) is 5.75 Å². The predicted octanol–water partition coefficient (Wildman–Crippen LogP) is 1.74.